The van der Waals surface area contributed by atoms with Crippen LogP contribution in [0.3, 0.4) is 0 Å². The van der Waals surface area contributed by atoms with Gasteiger partial charge in [-0.25, -0.2) is 0 Å². The van der Waals surface area contributed by atoms with Gasteiger partial charge >= 0.3 is 0 Å². The number of imide groups is 1. The van der Waals surface area contributed by atoms with Crippen LogP contribution in [-0.4, -0.2) is 134 Å². The Labute approximate surface area is 463 Å². The molecule has 0 bridgehead atoms. The second-order valence-electron chi connectivity index (χ2n) is 20.2. The lowest BCUT2D eigenvalue weighted by Gasteiger charge is -2.24. The van der Waals surface area contributed by atoms with Gasteiger partial charge in [0, 0.05) is 87.0 Å². The Kier molecular flexibility index (Phi) is 17.2. The minimum atomic E-state index is -0.926. The molecule has 1 unspecified atom stereocenters. The smallest absolute Gasteiger partial charge is 0.260 e. The molecule has 0 aromatic heterocycles. The molecule has 0 fully saturated rings. The highest BCUT2D eigenvalue weighted by atomic mass is 16.5. The topological polar surface area (TPSA) is 236 Å². The Hall–Kier alpha value is -9.07. The van der Waals surface area contributed by atoms with Crippen molar-refractivity contribution >= 4 is 82.0 Å². The summed E-state index contributed by atoms with van der Waals surface area (Å²) in [6.07, 6.45) is 13.1. The number of hydrogen-bond acceptors (Lipinski definition) is 14. The molecular formula is C60H64N8O12. The maximum Gasteiger partial charge on any atom is 0.260 e. The number of benzene rings is 4. The number of hydrogen-bond donors (Lipinski definition) is 3. The molecular weight excluding hydrogens is 1020 g/mol. The van der Waals surface area contributed by atoms with Crippen LogP contribution >= 0.6 is 0 Å². The summed E-state index contributed by atoms with van der Waals surface area (Å²) in [5.41, 5.74) is 5.94. The van der Waals surface area contributed by atoms with Crippen LogP contribution in [0.25, 0.3) is 11.1 Å². The van der Waals surface area contributed by atoms with E-state index < -0.39 is 23.9 Å². The third-order valence-corrected chi connectivity index (χ3v) is 14.4. The highest BCUT2D eigenvalue weighted by Gasteiger charge is 2.36. The lowest BCUT2D eigenvalue weighted by atomic mass is 10.0. The first-order valence-corrected chi connectivity index (χ1v) is 26.7. The number of fused-ring (bicyclic) bond motifs is 4. The summed E-state index contributed by atoms with van der Waals surface area (Å²) >= 11 is 0. The largest absolute Gasteiger partial charge is 0.497 e. The molecule has 9 rings (SSSR count). The van der Waals surface area contributed by atoms with Gasteiger partial charge in [-0.3, -0.25) is 48.4 Å². The van der Waals surface area contributed by atoms with Gasteiger partial charge in [-0.05, 0) is 84.4 Å². The Morgan fingerprint density at radius 2 is 1.14 bits per heavy atom. The van der Waals surface area contributed by atoms with E-state index in [1.807, 2.05) is 48.8 Å². The van der Waals surface area contributed by atoms with Crippen LogP contribution in [0, 0.1) is 5.92 Å². The Morgan fingerprint density at radius 1 is 0.613 bits per heavy atom. The van der Waals surface area contributed by atoms with E-state index in [-0.39, 0.29) is 73.7 Å². The van der Waals surface area contributed by atoms with Crippen molar-refractivity contribution in [2.45, 2.75) is 89.9 Å². The fraction of sp³-hybridized carbons (Fsp3) is 0.350. The molecule has 0 aliphatic carbocycles. The van der Waals surface area contributed by atoms with Crippen molar-refractivity contribution in [3.05, 3.63) is 120 Å². The van der Waals surface area contributed by atoms with Crippen LogP contribution in [0.15, 0.2) is 107 Å². The van der Waals surface area contributed by atoms with Crippen molar-refractivity contribution in [2.75, 3.05) is 46.4 Å². The van der Waals surface area contributed by atoms with E-state index in [1.54, 1.807) is 86.5 Å². The average molecular weight is 1090 g/mol. The second-order valence-corrected chi connectivity index (χ2v) is 20.2. The maximum atomic E-state index is 14.1. The monoisotopic (exact) mass is 1090 g/mol. The molecule has 20 nitrogen and oxygen atoms in total. The fourth-order valence-electron chi connectivity index (χ4n) is 9.92. The molecule has 5 heterocycles. The molecule has 5 aliphatic heterocycles. The number of anilines is 1. The van der Waals surface area contributed by atoms with Gasteiger partial charge in [-0.2, -0.15) is 0 Å². The van der Waals surface area contributed by atoms with Gasteiger partial charge in [0.25, 0.3) is 23.6 Å². The second kappa shape index (κ2) is 24.7. The highest BCUT2D eigenvalue weighted by Crippen LogP contribution is 2.42. The van der Waals surface area contributed by atoms with Crippen molar-refractivity contribution in [1.29, 1.82) is 0 Å². The molecule has 4 atom stereocenters. The van der Waals surface area contributed by atoms with Gasteiger partial charge in [0.15, 0.2) is 23.0 Å². The number of unbranched alkanes of at least 4 members (excludes halogenated alkanes) is 2. The Morgan fingerprint density at radius 3 is 1.64 bits per heavy atom. The predicted octanol–water partition coefficient (Wildman–Crippen LogP) is 7.57. The molecule has 4 aromatic rings. The van der Waals surface area contributed by atoms with Crippen molar-refractivity contribution in [1.82, 2.24) is 25.3 Å². The predicted molar refractivity (Wildman–Crippen MR) is 300 cm³/mol. The minimum absolute atomic E-state index is 0.162. The van der Waals surface area contributed by atoms with E-state index in [4.69, 9.17) is 33.7 Å². The van der Waals surface area contributed by atoms with Crippen LogP contribution in [-0.2, 0) is 24.0 Å². The van der Waals surface area contributed by atoms with Gasteiger partial charge in [-0.15, -0.1) is 0 Å². The van der Waals surface area contributed by atoms with Gasteiger partial charge in [0.2, 0.25) is 17.7 Å². The van der Waals surface area contributed by atoms with Gasteiger partial charge < -0.3 is 49.4 Å². The number of nitrogens with one attached hydrogen (secondary N) is 3. The van der Waals surface area contributed by atoms with E-state index in [2.05, 4.69) is 16.0 Å². The zero-order valence-electron chi connectivity index (χ0n) is 45.5. The summed E-state index contributed by atoms with van der Waals surface area (Å²) in [6, 6.07) is 19.2. The molecule has 80 heavy (non-hydrogen) atoms. The third kappa shape index (κ3) is 12.4. The number of ether oxygens (including phenoxy) is 5. The molecule has 416 valence electrons. The Bertz CT molecular complexity index is 3220. The van der Waals surface area contributed by atoms with Crippen LogP contribution in [0.1, 0.15) is 97.6 Å². The summed E-state index contributed by atoms with van der Waals surface area (Å²) < 4.78 is 29.0. The third-order valence-electron chi connectivity index (χ3n) is 14.4. The van der Waals surface area contributed by atoms with Crippen LogP contribution < -0.4 is 39.6 Å². The quantitative estimate of drug-likeness (QED) is 0.0482. The van der Waals surface area contributed by atoms with Gasteiger partial charge in [0.1, 0.15) is 17.8 Å². The number of carbonyl (C=O) groups is 7. The first-order valence-electron chi connectivity index (χ1n) is 26.7. The summed E-state index contributed by atoms with van der Waals surface area (Å²) in [5, 5.41) is 8.34. The number of amides is 7. The number of methoxy groups -OCH3 is 3. The average Bonchev–Trinajstić information content (AvgIpc) is 4.15. The molecule has 7 amide bonds. The normalized spacial score (nSPS) is 17.6. The molecule has 0 radical (unpaired) electrons. The van der Waals surface area contributed by atoms with E-state index >= 15 is 0 Å². The minimum Gasteiger partial charge on any atom is -0.497 e. The van der Waals surface area contributed by atoms with E-state index in [0.717, 1.165) is 32.9 Å². The van der Waals surface area contributed by atoms with Crippen molar-refractivity contribution < 1.29 is 57.2 Å². The summed E-state index contributed by atoms with van der Waals surface area (Å²) in [6.45, 7) is 5.94. The van der Waals surface area contributed by atoms with Crippen LogP contribution in [0.5, 0.6) is 28.7 Å². The van der Waals surface area contributed by atoms with Gasteiger partial charge in [-0.1, -0.05) is 44.5 Å². The standard InChI is InChI=1S/C60H64N8O12/c1-35(2)56(65-53(69)11-8-7-9-22-66-54(70)20-21-55(66)71)58(73)63-36(3)57(72)64-41-16-12-37(13-17-41)39-25-42-31-61-47-29-51(49(77-5)27-45(47)59(74)67(42)33-39)79-23-10-24-80-52-30-48-46(28-50(52)78-6)60(75)68-34-40(26-43(68)32-62-48)38-14-18-44(76-4)19-15-38/h12-21,27-36,42-43,56H,7-11,22-26H2,1-6H3,(H,63,73)(H,64,72)(H,65,69)/t36-,42-,43?,56-/m0/s1. The lowest BCUT2D eigenvalue weighted by Crippen LogP contribution is -2.53. The Balaban J connectivity index is 0.739. The summed E-state index contributed by atoms with van der Waals surface area (Å²) in [7, 11) is 4.65. The highest BCUT2D eigenvalue weighted by molar-refractivity contribution is 6.13. The number of aliphatic imine (C=N–C) groups is 2. The lowest BCUT2D eigenvalue weighted by molar-refractivity contribution is -0.137. The molecule has 3 N–H and O–H groups in total. The summed E-state index contributed by atoms with van der Waals surface area (Å²) in [5.74, 6) is -0.270. The zero-order valence-corrected chi connectivity index (χ0v) is 45.5. The zero-order chi connectivity index (χ0) is 56.6. The number of carbonyl (C=O) groups excluding carboxylic acids is 7. The molecule has 0 saturated carbocycles. The van der Waals surface area contributed by atoms with Crippen LogP contribution in [0.4, 0.5) is 17.1 Å². The summed E-state index contributed by atoms with van der Waals surface area (Å²) in [4.78, 5) is 105. The first-order chi connectivity index (χ1) is 38.6. The van der Waals surface area contributed by atoms with Crippen molar-refractivity contribution in [3.8, 4) is 28.7 Å². The molecule has 4 aromatic carbocycles. The number of rotatable bonds is 23. The molecule has 0 saturated heterocycles. The van der Waals surface area contributed by atoms with E-state index in [1.165, 1.54) is 26.4 Å². The van der Waals surface area contributed by atoms with Crippen molar-refractivity contribution in [2.24, 2.45) is 15.9 Å². The number of nitrogens with zero attached hydrogens (tertiary/aromatic N) is 5. The van der Waals surface area contributed by atoms with Crippen LogP contribution in [0.2, 0.25) is 0 Å². The van der Waals surface area contributed by atoms with E-state index in [0.29, 0.717) is 89.7 Å². The SMILES string of the molecule is COc1ccc(C2=CN3C(=O)c4cc(OC)c(OCCCOc5cc6c(cc5OC)C(=O)N5C=C(c7ccc(NC(=O)[C@H](C)NC(=O)[C@@H](NC(=O)CCCCCN8C(=O)C=CC8=O)C(C)C)cc7)C[C@H]5C=N6)cc4N=CC3C2)cc1. The first kappa shape index (κ1) is 55.7. The maximum absolute atomic E-state index is 14.1. The van der Waals surface area contributed by atoms with E-state index in [9.17, 15) is 33.6 Å². The molecule has 20 heteroatoms. The molecule has 5 aliphatic rings. The van der Waals surface area contributed by atoms with Crippen molar-refractivity contribution in [3.63, 3.8) is 0 Å². The van der Waals surface area contributed by atoms with Gasteiger partial charge in [0.05, 0.1) is 69.1 Å². The fourth-order valence-corrected chi connectivity index (χ4v) is 9.92. The molecule has 0 spiro atoms.